The number of hydrogen-bond acceptors (Lipinski definition) is 3. The summed E-state index contributed by atoms with van der Waals surface area (Å²) in [5, 5.41) is 0.816. The number of rotatable bonds is 8. The van der Waals surface area contributed by atoms with Crippen LogP contribution >= 0.6 is 11.6 Å². The van der Waals surface area contributed by atoms with E-state index in [2.05, 4.69) is 30.0 Å². The molecule has 1 fully saturated rings. The Labute approximate surface area is 133 Å². The molecule has 2 rings (SSSR count). The Kier molecular flexibility index (Phi) is 6.06. The zero-order chi connectivity index (χ0) is 15.4. The van der Waals surface area contributed by atoms with Crippen LogP contribution in [0.5, 0.6) is 0 Å². The van der Waals surface area contributed by atoms with Gasteiger partial charge in [0.1, 0.15) is 0 Å². The highest BCUT2D eigenvalue weighted by atomic mass is 35.5. The molecule has 21 heavy (non-hydrogen) atoms. The molecule has 0 amide bonds. The summed E-state index contributed by atoms with van der Waals surface area (Å²) in [6.45, 7) is 6.57. The van der Waals surface area contributed by atoms with E-state index in [-0.39, 0.29) is 6.04 Å². The Balaban J connectivity index is 2.22. The molecule has 0 aromatic heterocycles. The summed E-state index contributed by atoms with van der Waals surface area (Å²) in [4.78, 5) is 2.49. The fourth-order valence-electron chi connectivity index (χ4n) is 2.97. The van der Waals surface area contributed by atoms with E-state index in [1.807, 2.05) is 6.92 Å². The summed E-state index contributed by atoms with van der Waals surface area (Å²) in [7, 11) is 1.75. The van der Waals surface area contributed by atoms with Gasteiger partial charge in [0.05, 0.1) is 6.61 Å². The molecule has 0 heterocycles. The first kappa shape index (κ1) is 16.8. The predicted molar refractivity (Wildman–Crippen MR) is 88.8 cm³/mol. The second kappa shape index (κ2) is 7.59. The average molecular weight is 311 g/mol. The lowest BCUT2D eigenvalue weighted by atomic mass is 10.0. The van der Waals surface area contributed by atoms with Gasteiger partial charge in [-0.25, -0.2) is 0 Å². The summed E-state index contributed by atoms with van der Waals surface area (Å²) in [5.41, 5.74) is 8.41. The molecule has 118 valence electrons. The van der Waals surface area contributed by atoms with Crippen molar-refractivity contribution in [2.24, 2.45) is 11.7 Å². The number of benzene rings is 1. The van der Waals surface area contributed by atoms with E-state index < -0.39 is 0 Å². The predicted octanol–water partition coefficient (Wildman–Crippen LogP) is 3.40. The van der Waals surface area contributed by atoms with Crippen LogP contribution < -0.4 is 5.73 Å². The zero-order valence-electron chi connectivity index (χ0n) is 13.3. The van der Waals surface area contributed by atoms with Gasteiger partial charge in [-0.1, -0.05) is 23.7 Å². The summed E-state index contributed by atoms with van der Waals surface area (Å²) in [6.07, 6.45) is 2.66. The third-order valence-electron chi connectivity index (χ3n) is 4.59. The van der Waals surface area contributed by atoms with Crippen molar-refractivity contribution in [3.05, 3.63) is 34.3 Å². The topological polar surface area (TPSA) is 38.5 Å². The van der Waals surface area contributed by atoms with Gasteiger partial charge in [-0.2, -0.15) is 0 Å². The van der Waals surface area contributed by atoms with Crippen molar-refractivity contribution in [3.8, 4) is 0 Å². The van der Waals surface area contributed by atoms with Crippen LogP contribution in [0.4, 0.5) is 0 Å². The minimum atomic E-state index is 0.203. The first-order valence-electron chi connectivity index (χ1n) is 7.79. The van der Waals surface area contributed by atoms with Crippen LogP contribution in [-0.4, -0.2) is 37.7 Å². The molecule has 2 unspecified atom stereocenters. The first-order chi connectivity index (χ1) is 10.1. The third-order valence-corrected chi connectivity index (χ3v) is 4.99. The number of halogens is 1. The van der Waals surface area contributed by atoms with Crippen molar-refractivity contribution >= 4 is 11.6 Å². The normalized spacial score (nSPS) is 18.0. The SMILES string of the molecule is COCCN(C(CN)c1ccc(C)c(Cl)c1)C(C)C1CC1. The van der Waals surface area contributed by atoms with Gasteiger partial charge >= 0.3 is 0 Å². The van der Waals surface area contributed by atoms with Gasteiger partial charge in [0.2, 0.25) is 0 Å². The van der Waals surface area contributed by atoms with Crippen molar-refractivity contribution in [1.29, 1.82) is 0 Å². The molecule has 2 atom stereocenters. The molecule has 2 N–H and O–H groups in total. The molecule has 3 nitrogen and oxygen atoms in total. The maximum atomic E-state index is 6.29. The smallest absolute Gasteiger partial charge is 0.0590 e. The maximum absolute atomic E-state index is 6.29. The summed E-state index contributed by atoms with van der Waals surface area (Å²) >= 11 is 6.29. The molecule has 4 heteroatoms. The van der Waals surface area contributed by atoms with E-state index in [4.69, 9.17) is 22.1 Å². The Hall–Kier alpha value is -0.610. The molecular weight excluding hydrogens is 284 g/mol. The average Bonchev–Trinajstić information content (AvgIpc) is 3.30. The number of nitrogens with zero attached hydrogens (tertiary/aromatic N) is 1. The third kappa shape index (κ3) is 4.19. The summed E-state index contributed by atoms with van der Waals surface area (Å²) < 4.78 is 5.29. The number of methoxy groups -OCH3 is 1. The lowest BCUT2D eigenvalue weighted by Crippen LogP contribution is -2.43. The molecular formula is C17H27ClN2O. The minimum absolute atomic E-state index is 0.203. The highest BCUT2D eigenvalue weighted by Crippen LogP contribution is 2.38. The van der Waals surface area contributed by atoms with Gasteiger partial charge in [0.25, 0.3) is 0 Å². The van der Waals surface area contributed by atoms with Crippen LogP contribution in [0.1, 0.15) is 36.9 Å². The van der Waals surface area contributed by atoms with E-state index in [0.717, 1.165) is 29.7 Å². The first-order valence-corrected chi connectivity index (χ1v) is 8.17. The van der Waals surface area contributed by atoms with Crippen LogP contribution in [0.15, 0.2) is 18.2 Å². The Morgan fingerprint density at radius 3 is 2.67 bits per heavy atom. The van der Waals surface area contributed by atoms with Crippen molar-refractivity contribution in [2.45, 2.75) is 38.8 Å². The molecule has 1 aliphatic rings. The second-order valence-electron chi connectivity index (χ2n) is 6.07. The number of ether oxygens (including phenoxy) is 1. The quantitative estimate of drug-likeness (QED) is 0.800. The highest BCUT2D eigenvalue weighted by Gasteiger charge is 2.35. The van der Waals surface area contributed by atoms with Crippen LogP contribution in [-0.2, 0) is 4.74 Å². The fraction of sp³-hybridized carbons (Fsp3) is 0.647. The van der Waals surface area contributed by atoms with Gasteiger partial charge in [0.15, 0.2) is 0 Å². The van der Waals surface area contributed by atoms with Crippen LogP contribution in [0.25, 0.3) is 0 Å². The van der Waals surface area contributed by atoms with E-state index in [1.165, 1.54) is 18.4 Å². The van der Waals surface area contributed by atoms with E-state index in [1.54, 1.807) is 7.11 Å². The Morgan fingerprint density at radius 1 is 1.43 bits per heavy atom. The van der Waals surface area contributed by atoms with Crippen molar-refractivity contribution in [2.75, 3.05) is 26.8 Å². The Morgan fingerprint density at radius 2 is 2.14 bits per heavy atom. The molecule has 0 spiro atoms. The molecule has 1 saturated carbocycles. The molecule has 0 bridgehead atoms. The maximum Gasteiger partial charge on any atom is 0.0590 e. The van der Waals surface area contributed by atoms with Crippen LogP contribution in [0, 0.1) is 12.8 Å². The van der Waals surface area contributed by atoms with Gasteiger partial charge in [0, 0.05) is 37.3 Å². The molecule has 1 aliphatic carbocycles. The molecule has 0 aliphatic heterocycles. The lowest BCUT2D eigenvalue weighted by Gasteiger charge is -2.36. The van der Waals surface area contributed by atoms with Gasteiger partial charge in [-0.05, 0) is 49.8 Å². The number of hydrogen-bond donors (Lipinski definition) is 1. The fourth-order valence-corrected chi connectivity index (χ4v) is 3.16. The van der Waals surface area contributed by atoms with Gasteiger partial charge in [-0.15, -0.1) is 0 Å². The van der Waals surface area contributed by atoms with Crippen molar-refractivity contribution in [1.82, 2.24) is 4.90 Å². The lowest BCUT2D eigenvalue weighted by molar-refractivity contribution is 0.0835. The van der Waals surface area contributed by atoms with Crippen LogP contribution in [0.2, 0.25) is 5.02 Å². The molecule has 0 saturated heterocycles. The van der Waals surface area contributed by atoms with Crippen LogP contribution in [0.3, 0.4) is 0 Å². The van der Waals surface area contributed by atoms with E-state index >= 15 is 0 Å². The highest BCUT2D eigenvalue weighted by molar-refractivity contribution is 6.31. The number of nitrogens with two attached hydrogens (primary N) is 1. The standard InChI is InChI=1S/C17H27ClN2O/c1-12-4-5-15(10-16(12)18)17(11-19)20(8-9-21-3)13(2)14-6-7-14/h4-5,10,13-14,17H,6-9,11,19H2,1-3H3. The summed E-state index contributed by atoms with van der Waals surface area (Å²) in [5.74, 6) is 0.803. The molecule has 1 aromatic rings. The number of aryl methyl sites for hydroxylation is 1. The second-order valence-corrected chi connectivity index (χ2v) is 6.48. The van der Waals surface area contributed by atoms with E-state index in [0.29, 0.717) is 12.6 Å². The van der Waals surface area contributed by atoms with Gasteiger partial charge < -0.3 is 10.5 Å². The molecule has 0 radical (unpaired) electrons. The van der Waals surface area contributed by atoms with Crippen molar-refractivity contribution < 1.29 is 4.74 Å². The summed E-state index contributed by atoms with van der Waals surface area (Å²) in [6, 6.07) is 7.03. The molecule has 1 aromatic carbocycles. The zero-order valence-corrected chi connectivity index (χ0v) is 14.1. The minimum Gasteiger partial charge on any atom is -0.383 e. The Bertz CT molecular complexity index is 462. The van der Waals surface area contributed by atoms with E-state index in [9.17, 15) is 0 Å². The van der Waals surface area contributed by atoms with Crippen molar-refractivity contribution in [3.63, 3.8) is 0 Å². The largest absolute Gasteiger partial charge is 0.383 e. The monoisotopic (exact) mass is 310 g/mol. The van der Waals surface area contributed by atoms with Gasteiger partial charge in [-0.3, -0.25) is 4.90 Å².